The molecule has 0 bridgehead atoms. The van der Waals surface area contributed by atoms with E-state index in [4.69, 9.17) is 5.26 Å². The van der Waals surface area contributed by atoms with Gasteiger partial charge in [0.05, 0.1) is 13.2 Å². The molecule has 2 atom stereocenters. The van der Waals surface area contributed by atoms with Gasteiger partial charge in [-0.15, -0.1) is 0 Å². The number of hydrogen-bond acceptors (Lipinski definition) is 4. The zero-order chi connectivity index (χ0) is 9.56. The number of nitriles is 1. The van der Waals surface area contributed by atoms with Crippen LogP contribution in [0.5, 0.6) is 0 Å². The van der Waals surface area contributed by atoms with Gasteiger partial charge in [-0.05, 0) is 13.3 Å². The summed E-state index contributed by atoms with van der Waals surface area (Å²) in [6, 6.07) is 1.14. The van der Waals surface area contributed by atoms with E-state index in [2.05, 4.69) is 10.1 Å². The van der Waals surface area contributed by atoms with E-state index in [0.29, 0.717) is 0 Å². The average Bonchev–Trinajstić information content (AvgIpc) is 2.12. The van der Waals surface area contributed by atoms with Gasteiger partial charge in [0.25, 0.3) is 0 Å². The van der Waals surface area contributed by atoms with Crippen molar-refractivity contribution in [2.24, 2.45) is 0 Å². The van der Waals surface area contributed by atoms with Crippen molar-refractivity contribution < 1.29 is 9.53 Å². The van der Waals surface area contributed by atoms with E-state index in [0.717, 1.165) is 6.42 Å². The molecule has 0 aromatic carbocycles. The van der Waals surface area contributed by atoms with Gasteiger partial charge in [-0.1, -0.05) is 6.92 Å². The summed E-state index contributed by atoms with van der Waals surface area (Å²) in [5.41, 5.74) is 0. The fourth-order valence-corrected chi connectivity index (χ4v) is 0.678. The van der Waals surface area contributed by atoms with Crippen LogP contribution in [0, 0.1) is 11.3 Å². The second-order valence-electron chi connectivity index (χ2n) is 2.56. The largest absolute Gasteiger partial charge is 0.467 e. The Bertz CT molecular complexity index is 186. The van der Waals surface area contributed by atoms with Crippen LogP contribution >= 0.6 is 0 Å². The van der Waals surface area contributed by atoms with Crippen LogP contribution in [0.2, 0.25) is 0 Å². The van der Waals surface area contributed by atoms with E-state index in [1.54, 1.807) is 0 Å². The first kappa shape index (κ1) is 10.9. The van der Waals surface area contributed by atoms with Gasteiger partial charge in [-0.3, -0.25) is 5.32 Å². The maximum atomic E-state index is 10.9. The fraction of sp³-hybridized carbons (Fsp3) is 0.750. The van der Waals surface area contributed by atoms with E-state index >= 15 is 0 Å². The van der Waals surface area contributed by atoms with Crippen molar-refractivity contribution >= 4 is 5.97 Å². The predicted molar refractivity (Wildman–Crippen MR) is 44.3 cm³/mol. The van der Waals surface area contributed by atoms with Crippen LogP contribution in [0.15, 0.2) is 0 Å². The van der Waals surface area contributed by atoms with E-state index in [1.807, 2.05) is 19.9 Å². The smallest absolute Gasteiger partial charge is 0.337 e. The monoisotopic (exact) mass is 170 g/mol. The summed E-state index contributed by atoms with van der Waals surface area (Å²) in [6.07, 6.45) is 0.870. The first-order valence-electron chi connectivity index (χ1n) is 3.89. The number of rotatable bonds is 4. The van der Waals surface area contributed by atoms with E-state index in [-0.39, 0.29) is 6.04 Å². The zero-order valence-corrected chi connectivity index (χ0v) is 7.63. The minimum atomic E-state index is -0.843. The SMILES string of the molecule is CCC(C)NC(C#N)C(=O)OC. The van der Waals surface area contributed by atoms with Crippen LogP contribution in [-0.4, -0.2) is 25.2 Å². The van der Waals surface area contributed by atoms with Crippen molar-refractivity contribution in [2.75, 3.05) is 7.11 Å². The second-order valence-corrected chi connectivity index (χ2v) is 2.56. The molecule has 0 aliphatic rings. The van der Waals surface area contributed by atoms with Gasteiger partial charge >= 0.3 is 5.97 Å². The summed E-state index contributed by atoms with van der Waals surface area (Å²) in [5, 5.41) is 11.4. The van der Waals surface area contributed by atoms with Gasteiger partial charge in [0.2, 0.25) is 0 Å². The van der Waals surface area contributed by atoms with Gasteiger partial charge in [-0.25, -0.2) is 4.79 Å². The summed E-state index contributed by atoms with van der Waals surface area (Å²) in [4.78, 5) is 10.9. The number of nitrogens with one attached hydrogen (secondary N) is 1. The van der Waals surface area contributed by atoms with Crippen LogP contribution in [0.3, 0.4) is 0 Å². The number of hydrogen-bond donors (Lipinski definition) is 1. The fourth-order valence-electron chi connectivity index (χ4n) is 0.678. The normalized spacial score (nSPS) is 14.5. The van der Waals surface area contributed by atoms with Crippen molar-refractivity contribution in [2.45, 2.75) is 32.4 Å². The molecule has 0 fully saturated rings. The molecule has 0 aromatic heterocycles. The summed E-state index contributed by atoms with van der Waals surface area (Å²) >= 11 is 0. The van der Waals surface area contributed by atoms with Gasteiger partial charge in [0, 0.05) is 6.04 Å². The molecule has 0 radical (unpaired) electrons. The van der Waals surface area contributed by atoms with Crippen molar-refractivity contribution in [1.82, 2.24) is 5.32 Å². The molecule has 0 rings (SSSR count). The minimum Gasteiger partial charge on any atom is -0.467 e. The Hall–Kier alpha value is -1.08. The van der Waals surface area contributed by atoms with Crippen LogP contribution in [0.4, 0.5) is 0 Å². The van der Waals surface area contributed by atoms with Crippen LogP contribution in [0.25, 0.3) is 0 Å². The molecule has 0 saturated carbocycles. The Morgan fingerprint density at radius 3 is 2.67 bits per heavy atom. The predicted octanol–water partition coefficient (Wildman–Crippen LogP) is 0.440. The van der Waals surface area contributed by atoms with E-state index in [1.165, 1.54) is 7.11 Å². The summed E-state index contributed by atoms with van der Waals surface area (Å²) in [5.74, 6) is -0.530. The lowest BCUT2D eigenvalue weighted by Gasteiger charge is -2.14. The first-order chi connectivity index (χ1) is 5.65. The van der Waals surface area contributed by atoms with Crippen molar-refractivity contribution in [3.8, 4) is 6.07 Å². The van der Waals surface area contributed by atoms with Crippen LogP contribution in [0.1, 0.15) is 20.3 Å². The van der Waals surface area contributed by atoms with Crippen molar-refractivity contribution in [3.63, 3.8) is 0 Å². The summed E-state index contributed by atoms with van der Waals surface area (Å²) in [7, 11) is 1.27. The Kier molecular flexibility index (Phi) is 5.06. The Morgan fingerprint density at radius 2 is 2.33 bits per heavy atom. The van der Waals surface area contributed by atoms with Gasteiger partial charge < -0.3 is 4.74 Å². The summed E-state index contributed by atoms with van der Waals surface area (Å²) < 4.78 is 4.42. The second kappa shape index (κ2) is 5.56. The molecule has 0 spiro atoms. The Morgan fingerprint density at radius 1 is 1.75 bits per heavy atom. The zero-order valence-electron chi connectivity index (χ0n) is 7.63. The number of ether oxygens (including phenoxy) is 1. The molecular formula is C8H14N2O2. The molecule has 4 heteroatoms. The molecule has 0 saturated heterocycles. The Balaban J connectivity index is 4.02. The average molecular weight is 170 g/mol. The van der Waals surface area contributed by atoms with Crippen LogP contribution in [-0.2, 0) is 9.53 Å². The lowest BCUT2D eigenvalue weighted by molar-refractivity contribution is -0.141. The highest BCUT2D eigenvalue weighted by molar-refractivity contribution is 5.78. The maximum absolute atomic E-state index is 10.9. The van der Waals surface area contributed by atoms with Gasteiger partial charge in [0.1, 0.15) is 0 Å². The highest BCUT2D eigenvalue weighted by Crippen LogP contribution is 1.93. The van der Waals surface area contributed by atoms with Gasteiger partial charge in [-0.2, -0.15) is 5.26 Å². The lowest BCUT2D eigenvalue weighted by atomic mass is 10.2. The van der Waals surface area contributed by atoms with Crippen molar-refractivity contribution in [3.05, 3.63) is 0 Å². The topological polar surface area (TPSA) is 62.1 Å². The number of nitrogens with zero attached hydrogens (tertiary/aromatic N) is 1. The molecule has 2 unspecified atom stereocenters. The molecule has 0 aliphatic carbocycles. The molecular weight excluding hydrogens is 156 g/mol. The molecule has 0 aliphatic heterocycles. The third-order valence-electron chi connectivity index (χ3n) is 1.63. The number of carbonyl (C=O) groups is 1. The molecule has 12 heavy (non-hydrogen) atoms. The minimum absolute atomic E-state index is 0.147. The first-order valence-corrected chi connectivity index (χ1v) is 3.89. The standard InChI is InChI=1S/C8H14N2O2/c1-4-6(2)10-7(5-9)8(11)12-3/h6-7,10H,4H2,1-3H3. The number of methoxy groups -OCH3 is 1. The quantitative estimate of drug-likeness (QED) is 0.622. The highest BCUT2D eigenvalue weighted by Gasteiger charge is 2.19. The third kappa shape index (κ3) is 3.35. The van der Waals surface area contributed by atoms with Gasteiger partial charge in [0.15, 0.2) is 6.04 Å². The number of esters is 1. The maximum Gasteiger partial charge on any atom is 0.337 e. The van der Waals surface area contributed by atoms with E-state index < -0.39 is 12.0 Å². The number of carbonyl (C=O) groups excluding carboxylic acids is 1. The van der Waals surface area contributed by atoms with E-state index in [9.17, 15) is 4.79 Å². The summed E-state index contributed by atoms with van der Waals surface area (Å²) in [6.45, 7) is 3.89. The van der Waals surface area contributed by atoms with Crippen molar-refractivity contribution in [1.29, 1.82) is 5.26 Å². The van der Waals surface area contributed by atoms with Crippen LogP contribution < -0.4 is 5.32 Å². The Labute approximate surface area is 72.5 Å². The third-order valence-corrected chi connectivity index (χ3v) is 1.63. The lowest BCUT2D eigenvalue weighted by Crippen LogP contribution is -2.41. The molecule has 68 valence electrons. The highest BCUT2D eigenvalue weighted by atomic mass is 16.5. The molecule has 4 nitrogen and oxygen atoms in total. The molecule has 0 heterocycles. The molecule has 0 amide bonds. The molecule has 1 N–H and O–H groups in total. The molecule has 0 aromatic rings.